The minimum atomic E-state index is 0.0422. The summed E-state index contributed by atoms with van der Waals surface area (Å²) in [6, 6.07) is 10.4. The molecule has 0 atom stereocenters. The average molecular weight is 245 g/mol. The largest absolute Gasteiger partial charge is 0.507 e. The van der Waals surface area contributed by atoms with Gasteiger partial charge in [-0.15, -0.1) is 0 Å². The van der Waals surface area contributed by atoms with Crippen LogP contribution in [-0.2, 0) is 0 Å². The minimum Gasteiger partial charge on any atom is -0.507 e. The third-order valence-corrected chi connectivity index (χ3v) is 2.12. The molecule has 18 heavy (non-hydrogen) atoms. The Hall–Kier alpha value is -2.40. The molecule has 1 aromatic carbocycles. The van der Waals surface area contributed by atoms with Gasteiger partial charge in [-0.25, -0.2) is 10.8 Å². The predicted octanol–water partition coefficient (Wildman–Crippen LogP) is 1.88. The van der Waals surface area contributed by atoms with Gasteiger partial charge in [0.05, 0.1) is 5.56 Å². The molecule has 5 nitrogen and oxygen atoms in total. The first-order chi connectivity index (χ1) is 8.67. The molecule has 4 N–H and O–H groups in total. The summed E-state index contributed by atoms with van der Waals surface area (Å²) < 4.78 is 0. The zero-order valence-corrected chi connectivity index (χ0v) is 10.00. The molecule has 0 aliphatic heterocycles. The molecule has 1 heterocycles. The molecule has 0 saturated heterocycles. The SMILES string of the molecule is Cc1ccc(O)c(C=O)c1.NNc1ccccn1. The third-order valence-electron chi connectivity index (χ3n) is 2.12. The number of pyridine rings is 1. The summed E-state index contributed by atoms with van der Waals surface area (Å²) in [4.78, 5) is 14.1. The number of hydrazine groups is 1. The van der Waals surface area contributed by atoms with E-state index in [2.05, 4.69) is 10.4 Å². The van der Waals surface area contributed by atoms with E-state index in [9.17, 15) is 4.79 Å². The Morgan fingerprint density at radius 1 is 1.33 bits per heavy atom. The van der Waals surface area contributed by atoms with Crippen LogP contribution in [0.1, 0.15) is 15.9 Å². The van der Waals surface area contributed by atoms with Gasteiger partial charge in [-0.05, 0) is 31.2 Å². The number of phenols is 1. The molecule has 1 aromatic heterocycles. The number of aromatic hydroxyl groups is 1. The predicted molar refractivity (Wildman–Crippen MR) is 70.3 cm³/mol. The van der Waals surface area contributed by atoms with Gasteiger partial charge in [0.25, 0.3) is 0 Å². The van der Waals surface area contributed by atoms with Gasteiger partial charge in [0.1, 0.15) is 11.6 Å². The topological polar surface area (TPSA) is 88.2 Å². The van der Waals surface area contributed by atoms with Crippen LogP contribution < -0.4 is 11.3 Å². The fraction of sp³-hybridized carbons (Fsp3) is 0.0769. The van der Waals surface area contributed by atoms with Crippen molar-refractivity contribution in [3.05, 3.63) is 53.7 Å². The Morgan fingerprint density at radius 2 is 2.11 bits per heavy atom. The van der Waals surface area contributed by atoms with Crippen molar-refractivity contribution in [3.63, 3.8) is 0 Å². The molecule has 0 bridgehead atoms. The van der Waals surface area contributed by atoms with E-state index in [4.69, 9.17) is 10.9 Å². The Balaban J connectivity index is 0.000000184. The van der Waals surface area contributed by atoms with Gasteiger partial charge in [0, 0.05) is 6.20 Å². The van der Waals surface area contributed by atoms with Crippen LogP contribution in [0.5, 0.6) is 5.75 Å². The molecule has 0 aliphatic rings. The summed E-state index contributed by atoms with van der Waals surface area (Å²) in [7, 11) is 0. The molecule has 0 aliphatic carbocycles. The van der Waals surface area contributed by atoms with Gasteiger partial charge in [-0.2, -0.15) is 0 Å². The van der Waals surface area contributed by atoms with E-state index in [1.54, 1.807) is 24.4 Å². The Bertz CT molecular complexity index is 501. The number of hydrogen-bond donors (Lipinski definition) is 3. The number of carbonyl (C=O) groups is 1. The molecule has 2 rings (SSSR count). The summed E-state index contributed by atoms with van der Waals surface area (Å²) in [5.74, 6) is 5.77. The molecule has 5 heteroatoms. The minimum absolute atomic E-state index is 0.0422. The number of phenolic OH excluding ortho intramolecular Hbond substituents is 1. The zero-order chi connectivity index (χ0) is 13.4. The first-order valence-corrected chi connectivity index (χ1v) is 5.30. The molecule has 0 amide bonds. The number of anilines is 1. The van der Waals surface area contributed by atoms with Crippen molar-refractivity contribution in [1.29, 1.82) is 0 Å². The van der Waals surface area contributed by atoms with E-state index >= 15 is 0 Å². The number of nitrogens with one attached hydrogen (secondary N) is 1. The maximum atomic E-state index is 10.2. The van der Waals surface area contributed by atoms with Crippen LogP contribution >= 0.6 is 0 Å². The molecule has 0 radical (unpaired) electrons. The van der Waals surface area contributed by atoms with Crippen molar-refractivity contribution < 1.29 is 9.90 Å². The fourth-order valence-electron chi connectivity index (χ4n) is 1.22. The normalized spacial score (nSPS) is 9.00. The van der Waals surface area contributed by atoms with Gasteiger partial charge in [-0.3, -0.25) is 4.79 Å². The number of hydrogen-bond acceptors (Lipinski definition) is 5. The van der Waals surface area contributed by atoms with Crippen molar-refractivity contribution in [3.8, 4) is 5.75 Å². The second kappa shape index (κ2) is 7.03. The molecule has 2 aromatic rings. The van der Waals surface area contributed by atoms with E-state index in [-0.39, 0.29) is 5.75 Å². The highest BCUT2D eigenvalue weighted by Gasteiger charge is 1.96. The van der Waals surface area contributed by atoms with E-state index in [0.717, 1.165) is 5.56 Å². The van der Waals surface area contributed by atoms with E-state index < -0.39 is 0 Å². The Morgan fingerprint density at radius 3 is 2.56 bits per heavy atom. The van der Waals surface area contributed by atoms with Crippen LogP contribution in [0.3, 0.4) is 0 Å². The van der Waals surface area contributed by atoms with E-state index in [1.165, 1.54) is 6.07 Å². The third kappa shape index (κ3) is 4.23. The number of nitrogen functional groups attached to an aromatic ring is 1. The van der Waals surface area contributed by atoms with Crippen LogP contribution in [0.2, 0.25) is 0 Å². The molecule has 0 saturated carbocycles. The number of carbonyl (C=O) groups excluding carboxylic acids is 1. The van der Waals surface area contributed by atoms with Crippen molar-refractivity contribution in [2.24, 2.45) is 5.84 Å². The first-order valence-electron chi connectivity index (χ1n) is 5.30. The van der Waals surface area contributed by atoms with Crippen molar-refractivity contribution >= 4 is 12.1 Å². The standard InChI is InChI=1S/C8H8O2.C5H7N3/c1-6-2-3-8(10)7(4-6)5-9;6-8-5-3-1-2-4-7-5/h2-5,10H,1H3;1-4H,6H2,(H,7,8). The lowest BCUT2D eigenvalue weighted by molar-refractivity contribution is 0.112. The quantitative estimate of drug-likeness (QED) is 0.427. The highest BCUT2D eigenvalue weighted by Crippen LogP contribution is 2.15. The molecule has 0 unspecified atom stereocenters. The summed E-state index contributed by atoms with van der Waals surface area (Å²) in [6.07, 6.45) is 2.32. The highest BCUT2D eigenvalue weighted by molar-refractivity contribution is 5.79. The number of aryl methyl sites for hydroxylation is 1. The smallest absolute Gasteiger partial charge is 0.153 e. The second-order valence-electron chi connectivity index (χ2n) is 3.54. The van der Waals surface area contributed by atoms with Crippen LogP contribution in [0.4, 0.5) is 5.82 Å². The number of benzene rings is 1. The molecular formula is C13H15N3O2. The van der Waals surface area contributed by atoms with Crippen LogP contribution in [0.25, 0.3) is 0 Å². The Kier molecular flexibility index (Phi) is 5.34. The molecule has 0 spiro atoms. The monoisotopic (exact) mass is 245 g/mol. The molecule has 0 fully saturated rings. The molecular weight excluding hydrogens is 230 g/mol. The average Bonchev–Trinajstić information content (AvgIpc) is 2.43. The number of rotatable bonds is 2. The van der Waals surface area contributed by atoms with Crippen LogP contribution in [-0.4, -0.2) is 16.4 Å². The first kappa shape index (κ1) is 13.7. The zero-order valence-electron chi connectivity index (χ0n) is 10.00. The summed E-state index contributed by atoms with van der Waals surface area (Å²) in [5.41, 5.74) is 3.74. The number of nitrogens with two attached hydrogens (primary N) is 1. The molecule has 94 valence electrons. The number of aldehydes is 1. The van der Waals surface area contributed by atoms with Gasteiger partial charge < -0.3 is 10.5 Å². The second-order valence-corrected chi connectivity index (χ2v) is 3.54. The van der Waals surface area contributed by atoms with Gasteiger partial charge >= 0.3 is 0 Å². The van der Waals surface area contributed by atoms with Crippen molar-refractivity contribution in [1.82, 2.24) is 4.98 Å². The summed E-state index contributed by atoms with van der Waals surface area (Å²) >= 11 is 0. The van der Waals surface area contributed by atoms with Crippen LogP contribution in [0.15, 0.2) is 42.6 Å². The van der Waals surface area contributed by atoms with E-state index in [1.807, 2.05) is 19.1 Å². The lowest BCUT2D eigenvalue weighted by Crippen LogP contribution is -2.07. The lowest BCUT2D eigenvalue weighted by atomic mass is 10.1. The fourth-order valence-corrected chi connectivity index (χ4v) is 1.22. The summed E-state index contributed by atoms with van der Waals surface area (Å²) in [6.45, 7) is 1.87. The lowest BCUT2D eigenvalue weighted by Gasteiger charge is -1.96. The van der Waals surface area contributed by atoms with Gasteiger partial charge in [0.15, 0.2) is 6.29 Å². The van der Waals surface area contributed by atoms with Gasteiger partial charge in [0.2, 0.25) is 0 Å². The highest BCUT2D eigenvalue weighted by atomic mass is 16.3. The summed E-state index contributed by atoms with van der Waals surface area (Å²) in [5, 5.41) is 9.00. The van der Waals surface area contributed by atoms with Crippen molar-refractivity contribution in [2.75, 3.05) is 5.43 Å². The van der Waals surface area contributed by atoms with Gasteiger partial charge in [-0.1, -0.05) is 17.7 Å². The maximum Gasteiger partial charge on any atom is 0.153 e. The van der Waals surface area contributed by atoms with E-state index in [0.29, 0.717) is 17.7 Å². The van der Waals surface area contributed by atoms with Crippen molar-refractivity contribution in [2.45, 2.75) is 6.92 Å². The maximum absolute atomic E-state index is 10.2. The number of aromatic nitrogens is 1. The number of nitrogens with zero attached hydrogens (tertiary/aromatic N) is 1. The van der Waals surface area contributed by atoms with Crippen LogP contribution in [0, 0.1) is 6.92 Å². The Labute approximate surface area is 105 Å².